The average Bonchev–Trinajstić information content (AvgIpc) is 2.06. The van der Waals surface area contributed by atoms with E-state index in [-0.39, 0.29) is 0 Å². The summed E-state index contributed by atoms with van der Waals surface area (Å²) in [5.74, 6) is 0.811. The second-order valence-corrected chi connectivity index (χ2v) is 2.06. The van der Waals surface area contributed by atoms with Crippen LogP contribution < -0.4 is 4.74 Å². The summed E-state index contributed by atoms with van der Waals surface area (Å²) in [6.45, 7) is 1.88. The predicted octanol–water partition coefficient (Wildman–Crippen LogP) is 2.42. The molecule has 1 aromatic carbocycles. The van der Waals surface area contributed by atoms with Gasteiger partial charge in [-0.1, -0.05) is 12.1 Å². The predicted molar refractivity (Wildman–Crippen MR) is 46.8 cm³/mol. The molecule has 1 rings (SSSR count). The highest BCUT2D eigenvalue weighted by Crippen LogP contribution is 2.25. The van der Waals surface area contributed by atoms with Crippen LogP contribution in [0.4, 0.5) is 5.69 Å². The zero-order chi connectivity index (χ0) is 8.10. The summed E-state index contributed by atoms with van der Waals surface area (Å²) in [6.07, 6.45) is 1.75. The van der Waals surface area contributed by atoms with Crippen LogP contribution in [0, 0.1) is 0 Å². The lowest BCUT2D eigenvalue weighted by Gasteiger charge is -2.01. The van der Waals surface area contributed by atoms with Gasteiger partial charge in [0.25, 0.3) is 0 Å². The minimum absolute atomic E-state index is 0.811. The van der Waals surface area contributed by atoms with Gasteiger partial charge < -0.3 is 4.74 Å². The number of rotatable bonds is 2. The normalized spacial score (nSPS) is 10.4. The van der Waals surface area contributed by atoms with Crippen LogP contribution in [0.3, 0.4) is 0 Å². The Morgan fingerprint density at radius 3 is 2.73 bits per heavy atom. The first-order chi connectivity index (χ1) is 5.38. The van der Waals surface area contributed by atoms with E-state index in [9.17, 15) is 0 Å². The Morgan fingerprint density at radius 1 is 1.36 bits per heavy atom. The first kappa shape index (κ1) is 7.79. The molecule has 1 aromatic rings. The minimum Gasteiger partial charge on any atom is -0.494 e. The van der Waals surface area contributed by atoms with Crippen LogP contribution in [0.2, 0.25) is 0 Å². The number of hydrogen-bond donors (Lipinski definition) is 0. The van der Waals surface area contributed by atoms with Crippen molar-refractivity contribution in [3.8, 4) is 5.75 Å². The number of ether oxygens (including phenoxy) is 1. The molecule has 0 aliphatic carbocycles. The first-order valence-electron chi connectivity index (χ1n) is 3.50. The fourth-order valence-corrected chi connectivity index (χ4v) is 0.876. The molecule has 0 aliphatic rings. The molecule has 0 aliphatic heterocycles. The molecule has 2 heteroatoms. The van der Waals surface area contributed by atoms with Crippen molar-refractivity contribution in [1.29, 1.82) is 0 Å². The van der Waals surface area contributed by atoms with Gasteiger partial charge in [0.15, 0.2) is 0 Å². The lowest BCUT2D eigenvalue weighted by molar-refractivity contribution is 0.416. The molecule has 0 atom stereocenters. The highest BCUT2D eigenvalue weighted by molar-refractivity contribution is 5.64. The summed E-state index contributed by atoms with van der Waals surface area (Å²) in [4.78, 5) is 4.13. The molecule has 0 spiro atoms. The van der Waals surface area contributed by atoms with Crippen molar-refractivity contribution < 1.29 is 4.74 Å². The van der Waals surface area contributed by atoms with E-state index < -0.39 is 0 Å². The Hall–Kier alpha value is -1.31. The monoisotopic (exact) mass is 149 g/mol. The molecular formula is C9H11NO. The van der Waals surface area contributed by atoms with E-state index in [2.05, 4.69) is 4.99 Å². The highest BCUT2D eigenvalue weighted by Gasteiger charge is 1.95. The minimum atomic E-state index is 0.811. The quantitative estimate of drug-likeness (QED) is 0.592. The van der Waals surface area contributed by atoms with Crippen molar-refractivity contribution in [2.24, 2.45) is 4.99 Å². The Bertz CT molecular complexity index is 255. The SMILES string of the molecule is CC=Nc1ccccc1OC. The van der Waals surface area contributed by atoms with Gasteiger partial charge in [0.1, 0.15) is 11.4 Å². The third-order valence-electron chi connectivity index (χ3n) is 1.35. The molecule has 2 nitrogen and oxygen atoms in total. The van der Waals surface area contributed by atoms with Crippen molar-refractivity contribution in [3.63, 3.8) is 0 Å². The van der Waals surface area contributed by atoms with Gasteiger partial charge in [0, 0.05) is 6.21 Å². The Morgan fingerprint density at radius 2 is 2.09 bits per heavy atom. The average molecular weight is 149 g/mol. The van der Waals surface area contributed by atoms with Crippen LogP contribution in [0.1, 0.15) is 6.92 Å². The van der Waals surface area contributed by atoms with Crippen LogP contribution in [0.5, 0.6) is 5.75 Å². The van der Waals surface area contributed by atoms with Crippen LogP contribution in [0.15, 0.2) is 29.3 Å². The van der Waals surface area contributed by atoms with Crippen LogP contribution in [-0.2, 0) is 0 Å². The Kier molecular flexibility index (Phi) is 2.66. The molecule has 0 bridgehead atoms. The van der Waals surface area contributed by atoms with Gasteiger partial charge in [-0.05, 0) is 19.1 Å². The summed E-state index contributed by atoms with van der Waals surface area (Å²) in [5, 5.41) is 0. The zero-order valence-electron chi connectivity index (χ0n) is 6.74. The first-order valence-corrected chi connectivity index (χ1v) is 3.50. The molecular weight excluding hydrogens is 138 g/mol. The maximum Gasteiger partial charge on any atom is 0.144 e. The van der Waals surface area contributed by atoms with Gasteiger partial charge in [-0.2, -0.15) is 0 Å². The van der Waals surface area contributed by atoms with E-state index in [1.807, 2.05) is 31.2 Å². The molecule has 0 amide bonds. The number of nitrogens with zero attached hydrogens (tertiary/aromatic N) is 1. The third-order valence-corrected chi connectivity index (χ3v) is 1.35. The van der Waals surface area contributed by atoms with E-state index in [1.54, 1.807) is 13.3 Å². The topological polar surface area (TPSA) is 21.6 Å². The molecule has 0 N–H and O–H groups in total. The second kappa shape index (κ2) is 3.76. The van der Waals surface area contributed by atoms with Crippen LogP contribution in [-0.4, -0.2) is 13.3 Å². The number of methoxy groups -OCH3 is 1. The van der Waals surface area contributed by atoms with Gasteiger partial charge in [-0.15, -0.1) is 0 Å². The van der Waals surface area contributed by atoms with Crippen LogP contribution in [0.25, 0.3) is 0 Å². The van der Waals surface area contributed by atoms with E-state index >= 15 is 0 Å². The molecule has 0 heterocycles. The van der Waals surface area contributed by atoms with Gasteiger partial charge in [-0.3, -0.25) is 4.99 Å². The molecule has 0 unspecified atom stereocenters. The molecule has 0 saturated heterocycles. The number of benzene rings is 1. The summed E-state index contributed by atoms with van der Waals surface area (Å²) in [7, 11) is 1.64. The molecule has 0 fully saturated rings. The number of aliphatic imine (C=N–C) groups is 1. The van der Waals surface area contributed by atoms with E-state index in [0.29, 0.717) is 0 Å². The summed E-state index contributed by atoms with van der Waals surface area (Å²) in [5.41, 5.74) is 0.873. The largest absolute Gasteiger partial charge is 0.494 e. The molecule has 0 aromatic heterocycles. The molecule has 58 valence electrons. The van der Waals surface area contributed by atoms with Crippen molar-refractivity contribution in [2.75, 3.05) is 7.11 Å². The Balaban J connectivity index is 3.02. The lowest BCUT2D eigenvalue weighted by atomic mass is 10.3. The highest BCUT2D eigenvalue weighted by atomic mass is 16.5. The Labute approximate surface area is 66.5 Å². The van der Waals surface area contributed by atoms with Crippen LogP contribution >= 0.6 is 0 Å². The second-order valence-electron chi connectivity index (χ2n) is 2.06. The fourth-order valence-electron chi connectivity index (χ4n) is 0.876. The number of hydrogen-bond acceptors (Lipinski definition) is 2. The maximum absolute atomic E-state index is 5.08. The summed E-state index contributed by atoms with van der Waals surface area (Å²) < 4.78 is 5.08. The van der Waals surface area contributed by atoms with Crippen molar-refractivity contribution >= 4 is 11.9 Å². The molecule has 0 saturated carbocycles. The molecule has 0 radical (unpaired) electrons. The molecule has 11 heavy (non-hydrogen) atoms. The van der Waals surface area contributed by atoms with E-state index in [0.717, 1.165) is 11.4 Å². The lowest BCUT2D eigenvalue weighted by Crippen LogP contribution is -1.81. The van der Waals surface area contributed by atoms with Gasteiger partial charge in [-0.25, -0.2) is 0 Å². The smallest absolute Gasteiger partial charge is 0.144 e. The third kappa shape index (κ3) is 1.80. The zero-order valence-corrected chi connectivity index (χ0v) is 6.74. The van der Waals surface area contributed by atoms with Crippen molar-refractivity contribution in [3.05, 3.63) is 24.3 Å². The van der Waals surface area contributed by atoms with E-state index in [4.69, 9.17) is 4.74 Å². The van der Waals surface area contributed by atoms with Gasteiger partial charge in [0.05, 0.1) is 7.11 Å². The standard InChI is InChI=1S/C9H11NO/c1-3-10-8-6-4-5-7-9(8)11-2/h3-7H,1-2H3. The summed E-state index contributed by atoms with van der Waals surface area (Å²) in [6, 6.07) is 7.67. The van der Waals surface area contributed by atoms with Crippen molar-refractivity contribution in [2.45, 2.75) is 6.92 Å². The number of para-hydroxylation sites is 2. The van der Waals surface area contributed by atoms with E-state index in [1.165, 1.54) is 0 Å². The van der Waals surface area contributed by atoms with Gasteiger partial charge in [0.2, 0.25) is 0 Å². The van der Waals surface area contributed by atoms with Gasteiger partial charge >= 0.3 is 0 Å². The van der Waals surface area contributed by atoms with Crippen molar-refractivity contribution in [1.82, 2.24) is 0 Å². The maximum atomic E-state index is 5.08. The summed E-state index contributed by atoms with van der Waals surface area (Å²) >= 11 is 0. The fraction of sp³-hybridized carbons (Fsp3) is 0.222.